The lowest BCUT2D eigenvalue weighted by Crippen LogP contribution is -2.46. The minimum atomic E-state index is -0.0391. The summed E-state index contributed by atoms with van der Waals surface area (Å²) in [6.45, 7) is 4.96. The molecule has 7 nitrogen and oxygen atoms in total. The lowest BCUT2D eigenvalue weighted by Gasteiger charge is -2.32. The van der Waals surface area contributed by atoms with Gasteiger partial charge in [0.2, 0.25) is 5.91 Å². The molecule has 0 aliphatic carbocycles. The van der Waals surface area contributed by atoms with E-state index in [0.717, 1.165) is 44.5 Å². The summed E-state index contributed by atoms with van der Waals surface area (Å²) in [7, 11) is 1.84. The minimum Gasteiger partial charge on any atom is -0.354 e. The van der Waals surface area contributed by atoms with Gasteiger partial charge >= 0.3 is 0 Å². The molecule has 2 fully saturated rings. The minimum absolute atomic E-state index is 0. The van der Waals surface area contributed by atoms with E-state index in [4.69, 9.17) is 0 Å². The highest BCUT2D eigenvalue weighted by Crippen LogP contribution is 2.18. The number of nitrogens with zero attached hydrogens (tertiary/aromatic N) is 3. The monoisotopic (exact) mass is 369 g/mol. The first-order valence-electron chi connectivity index (χ1n) is 8.85. The summed E-state index contributed by atoms with van der Waals surface area (Å²) in [6, 6.07) is 1.79. The lowest BCUT2D eigenvalue weighted by molar-refractivity contribution is -0.123. The number of nitrogens with one attached hydrogen (secondary N) is 2. The zero-order valence-electron chi connectivity index (χ0n) is 15.0. The van der Waals surface area contributed by atoms with E-state index in [1.165, 1.54) is 0 Å². The second-order valence-corrected chi connectivity index (χ2v) is 6.95. The molecule has 0 aromatic carbocycles. The van der Waals surface area contributed by atoms with E-state index in [1.807, 2.05) is 24.9 Å². The SMILES string of the molecule is Cc1cc(C(=O)N2CCCC(CNC(=O)C3CCCN3)C2)nn1C.Cl. The Balaban J connectivity index is 0.00000225. The van der Waals surface area contributed by atoms with Crippen molar-refractivity contribution in [2.75, 3.05) is 26.2 Å². The van der Waals surface area contributed by atoms with Gasteiger partial charge in [-0.3, -0.25) is 14.3 Å². The number of aryl methyl sites for hydroxylation is 2. The van der Waals surface area contributed by atoms with E-state index >= 15 is 0 Å². The van der Waals surface area contributed by atoms with Gasteiger partial charge in [0, 0.05) is 32.4 Å². The van der Waals surface area contributed by atoms with Crippen molar-refractivity contribution >= 4 is 24.2 Å². The van der Waals surface area contributed by atoms with Crippen molar-refractivity contribution in [2.45, 2.75) is 38.6 Å². The summed E-state index contributed by atoms with van der Waals surface area (Å²) in [6.07, 6.45) is 4.00. The molecule has 3 heterocycles. The van der Waals surface area contributed by atoms with Crippen LogP contribution >= 0.6 is 12.4 Å². The number of hydrogen-bond acceptors (Lipinski definition) is 4. The standard InChI is InChI=1S/C17H27N5O2.ClH/c1-12-9-15(20-21(12)2)17(24)22-8-4-5-13(11-22)10-19-16(23)14-6-3-7-18-14;/h9,13-14,18H,3-8,10-11H2,1-2H3,(H,19,23);1H. The van der Waals surface area contributed by atoms with Crippen LogP contribution in [-0.2, 0) is 11.8 Å². The Morgan fingerprint density at radius 2 is 2.16 bits per heavy atom. The molecule has 2 atom stereocenters. The van der Waals surface area contributed by atoms with Crippen LogP contribution in [0, 0.1) is 12.8 Å². The van der Waals surface area contributed by atoms with Gasteiger partial charge in [-0.2, -0.15) is 5.10 Å². The van der Waals surface area contributed by atoms with E-state index in [1.54, 1.807) is 4.68 Å². The quantitative estimate of drug-likeness (QED) is 0.825. The van der Waals surface area contributed by atoms with Crippen LogP contribution in [0.1, 0.15) is 41.9 Å². The summed E-state index contributed by atoms with van der Waals surface area (Å²) in [5.41, 5.74) is 1.48. The van der Waals surface area contributed by atoms with Crippen LogP contribution in [0.3, 0.4) is 0 Å². The molecule has 8 heteroatoms. The van der Waals surface area contributed by atoms with Gasteiger partial charge < -0.3 is 15.5 Å². The molecular weight excluding hydrogens is 342 g/mol. The normalized spacial score (nSPS) is 23.2. The van der Waals surface area contributed by atoms with E-state index in [2.05, 4.69) is 15.7 Å². The molecule has 25 heavy (non-hydrogen) atoms. The average Bonchev–Trinajstić information content (AvgIpc) is 3.23. The number of piperidine rings is 1. The number of carbonyl (C=O) groups is 2. The molecule has 2 amide bonds. The Labute approximate surface area is 154 Å². The first-order chi connectivity index (χ1) is 11.5. The number of amides is 2. The molecule has 0 saturated carbocycles. The lowest BCUT2D eigenvalue weighted by atomic mass is 9.97. The van der Waals surface area contributed by atoms with Crippen molar-refractivity contribution in [1.29, 1.82) is 0 Å². The summed E-state index contributed by atoms with van der Waals surface area (Å²) in [5, 5.41) is 10.5. The summed E-state index contributed by atoms with van der Waals surface area (Å²) >= 11 is 0. The molecule has 0 spiro atoms. The van der Waals surface area contributed by atoms with E-state index in [0.29, 0.717) is 24.7 Å². The summed E-state index contributed by atoms with van der Waals surface area (Å²) in [5.74, 6) is 0.404. The maximum Gasteiger partial charge on any atom is 0.274 e. The zero-order valence-corrected chi connectivity index (χ0v) is 15.8. The van der Waals surface area contributed by atoms with Crippen LogP contribution in [0.15, 0.2) is 6.07 Å². The number of hydrogen-bond donors (Lipinski definition) is 2. The maximum absolute atomic E-state index is 12.6. The van der Waals surface area contributed by atoms with Crippen molar-refractivity contribution in [3.05, 3.63) is 17.5 Å². The first-order valence-corrected chi connectivity index (χ1v) is 8.85. The van der Waals surface area contributed by atoms with Crippen LogP contribution in [-0.4, -0.2) is 58.7 Å². The van der Waals surface area contributed by atoms with Gasteiger partial charge in [-0.05, 0) is 51.1 Å². The van der Waals surface area contributed by atoms with E-state index in [-0.39, 0.29) is 30.3 Å². The molecule has 2 aliphatic rings. The number of carbonyl (C=O) groups excluding carboxylic acids is 2. The Hall–Kier alpha value is -1.60. The third-order valence-electron chi connectivity index (χ3n) is 5.08. The highest BCUT2D eigenvalue weighted by Gasteiger charge is 2.27. The van der Waals surface area contributed by atoms with Crippen molar-refractivity contribution in [1.82, 2.24) is 25.3 Å². The van der Waals surface area contributed by atoms with Gasteiger partial charge in [-0.25, -0.2) is 0 Å². The van der Waals surface area contributed by atoms with Gasteiger partial charge in [0.05, 0.1) is 6.04 Å². The smallest absolute Gasteiger partial charge is 0.274 e. The van der Waals surface area contributed by atoms with Crippen molar-refractivity contribution in [2.24, 2.45) is 13.0 Å². The van der Waals surface area contributed by atoms with Crippen molar-refractivity contribution in [3.63, 3.8) is 0 Å². The van der Waals surface area contributed by atoms with E-state index in [9.17, 15) is 9.59 Å². The maximum atomic E-state index is 12.6. The van der Waals surface area contributed by atoms with Gasteiger partial charge in [0.1, 0.15) is 0 Å². The molecule has 0 radical (unpaired) electrons. The fraction of sp³-hybridized carbons (Fsp3) is 0.706. The Morgan fingerprint density at radius 1 is 1.36 bits per heavy atom. The Morgan fingerprint density at radius 3 is 2.80 bits per heavy atom. The van der Waals surface area contributed by atoms with Crippen molar-refractivity contribution in [3.8, 4) is 0 Å². The van der Waals surface area contributed by atoms with E-state index < -0.39 is 0 Å². The van der Waals surface area contributed by atoms with Crippen LogP contribution in [0.4, 0.5) is 0 Å². The molecule has 1 aromatic heterocycles. The van der Waals surface area contributed by atoms with Gasteiger partial charge in [-0.1, -0.05) is 0 Å². The molecule has 2 saturated heterocycles. The van der Waals surface area contributed by atoms with Gasteiger partial charge in [0.15, 0.2) is 5.69 Å². The number of rotatable bonds is 4. The van der Waals surface area contributed by atoms with Crippen LogP contribution in [0.25, 0.3) is 0 Å². The number of aromatic nitrogens is 2. The second kappa shape index (κ2) is 8.67. The molecule has 2 aliphatic heterocycles. The molecule has 140 valence electrons. The highest BCUT2D eigenvalue weighted by atomic mass is 35.5. The predicted octanol–water partition coefficient (Wildman–Crippen LogP) is 0.871. The Kier molecular flexibility index (Phi) is 6.84. The Bertz CT molecular complexity index is 593. The topological polar surface area (TPSA) is 79.3 Å². The molecule has 2 N–H and O–H groups in total. The molecule has 1 aromatic rings. The molecule has 3 rings (SSSR count). The van der Waals surface area contributed by atoms with Crippen LogP contribution in [0.2, 0.25) is 0 Å². The van der Waals surface area contributed by atoms with Crippen molar-refractivity contribution < 1.29 is 9.59 Å². The zero-order chi connectivity index (χ0) is 17.1. The predicted molar refractivity (Wildman–Crippen MR) is 97.9 cm³/mol. The third-order valence-corrected chi connectivity index (χ3v) is 5.08. The number of likely N-dealkylation sites (tertiary alicyclic amines) is 1. The van der Waals surface area contributed by atoms with Crippen LogP contribution < -0.4 is 10.6 Å². The summed E-state index contributed by atoms with van der Waals surface area (Å²) < 4.78 is 1.73. The van der Waals surface area contributed by atoms with Crippen LogP contribution in [0.5, 0.6) is 0 Å². The second-order valence-electron chi connectivity index (χ2n) is 6.95. The largest absolute Gasteiger partial charge is 0.354 e. The summed E-state index contributed by atoms with van der Waals surface area (Å²) in [4.78, 5) is 26.6. The fourth-order valence-electron chi connectivity index (χ4n) is 3.52. The molecule has 0 bridgehead atoms. The highest BCUT2D eigenvalue weighted by molar-refractivity contribution is 5.92. The molecule has 2 unspecified atom stereocenters. The number of halogens is 1. The van der Waals surface area contributed by atoms with Gasteiger partial charge in [0.25, 0.3) is 5.91 Å². The third kappa shape index (κ3) is 4.73. The fourth-order valence-corrected chi connectivity index (χ4v) is 3.52. The van der Waals surface area contributed by atoms with Gasteiger partial charge in [-0.15, -0.1) is 12.4 Å². The first kappa shape index (κ1) is 19.7. The molecular formula is C17H28ClN5O2. The average molecular weight is 370 g/mol.